The Kier molecular flexibility index (Phi) is 4.37. The lowest BCUT2D eigenvalue weighted by molar-refractivity contribution is -0.146. The van der Waals surface area contributed by atoms with E-state index in [9.17, 15) is 9.59 Å². The minimum atomic E-state index is -0.928. The number of benzene rings is 1. The maximum absolute atomic E-state index is 12.0. The maximum Gasteiger partial charge on any atom is 0.326 e. The van der Waals surface area contributed by atoms with Crippen molar-refractivity contribution in [1.82, 2.24) is 4.90 Å². The molecule has 1 aromatic rings. The Morgan fingerprint density at radius 1 is 1.32 bits per heavy atom. The van der Waals surface area contributed by atoms with Crippen molar-refractivity contribution in [3.8, 4) is 0 Å². The summed E-state index contributed by atoms with van der Waals surface area (Å²) in [5.41, 5.74) is 0.905. The van der Waals surface area contributed by atoms with Crippen LogP contribution in [0.1, 0.15) is 18.4 Å². The number of aliphatic carboxylic acids is 1. The largest absolute Gasteiger partial charge is 0.480 e. The highest BCUT2D eigenvalue weighted by atomic mass is 79.9. The lowest BCUT2D eigenvalue weighted by Gasteiger charge is -2.19. The maximum atomic E-state index is 12.0. The molecule has 100 valence electrons. The second-order valence-corrected chi connectivity index (χ2v) is 5.33. The minimum absolute atomic E-state index is 0.243. The first-order valence-corrected chi connectivity index (χ1v) is 6.84. The average molecular weight is 324 g/mol. The number of halogens is 1. The zero-order valence-electron chi connectivity index (χ0n) is 10.3. The molecule has 2 rings (SSSR count). The molecule has 1 aromatic carbocycles. The van der Waals surface area contributed by atoms with Crippen LogP contribution in [0.3, 0.4) is 0 Å². The number of rotatable bonds is 3. The monoisotopic (exact) mass is 323 g/mol. The van der Waals surface area contributed by atoms with Crippen molar-refractivity contribution < 1.29 is 14.7 Å². The van der Waals surface area contributed by atoms with Crippen LogP contribution >= 0.6 is 15.9 Å². The van der Waals surface area contributed by atoms with Gasteiger partial charge in [-0.3, -0.25) is 4.79 Å². The predicted molar refractivity (Wildman–Crippen MR) is 75.5 cm³/mol. The third-order valence-electron chi connectivity index (χ3n) is 3.11. The molecule has 0 bridgehead atoms. The molecular formula is C14H14BrNO3. The van der Waals surface area contributed by atoms with Crippen LogP contribution in [0, 0.1) is 0 Å². The first-order chi connectivity index (χ1) is 9.08. The fourth-order valence-electron chi connectivity index (χ4n) is 2.12. The molecule has 1 atom stereocenters. The van der Waals surface area contributed by atoms with Crippen LogP contribution in [0.5, 0.6) is 0 Å². The summed E-state index contributed by atoms with van der Waals surface area (Å²) in [4.78, 5) is 24.4. The van der Waals surface area contributed by atoms with Gasteiger partial charge in [0.15, 0.2) is 0 Å². The minimum Gasteiger partial charge on any atom is -0.480 e. The van der Waals surface area contributed by atoms with Crippen LogP contribution in [-0.4, -0.2) is 34.5 Å². The molecule has 1 saturated heterocycles. The van der Waals surface area contributed by atoms with E-state index in [0.717, 1.165) is 16.5 Å². The summed E-state index contributed by atoms with van der Waals surface area (Å²) in [5, 5.41) is 9.03. The second kappa shape index (κ2) is 6.02. The molecule has 1 heterocycles. The van der Waals surface area contributed by atoms with Crippen LogP contribution < -0.4 is 0 Å². The number of nitrogens with zero attached hydrogens (tertiary/aromatic N) is 1. The Labute approximate surface area is 119 Å². The summed E-state index contributed by atoms with van der Waals surface area (Å²) in [7, 11) is 0. The second-order valence-electron chi connectivity index (χ2n) is 4.41. The number of carbonyl (C=O) groups excluding carboxylic acids is 1. The van der Waals surface area contributed by atoms with Gasteiger partial charge in [-0.2, -0.15) is 0 Å². The Bertz CT molecular complexity index is 510. The third kappa shape index (κ3) is 3.44. The highest BCUT2D eigenvalue weighted by Crippen LogP contribution is 2.18. The first-order valence-electron chi connectivity index (χ1n) is 6.05. The van der Waals surface area contributed by atoms with Crippen LogP contribution in [0.25, 0.3) is 6.08 Å². The SMILES string of the molecule is O=C(O)C1CCCN1C(=O)C=Cc1ccc(Br)cc1. The van der Waals surface area contributed by atoms with Gasteiger partial charge in [0.05, 0.1) is 0 Å². The van der Waals surface area contributed by atoms with Crippen molar-refractivity contribution in [3.63, 3.8) is 0 Å². The molecule has 0 aliphatic carbocycles. The van der Waals surface area contributed by atoms with Gasteiger partial charge < -0.3 is 10.0 Å². The molecular weight excluding hydrogens is 310 g/mol. The number of amides is 1. The number of carbonyl (C=O) groups is 2. The molecule has 1 fully saturated rings. The molecule has 19 heavy (non-hydrogen) atoms. The van der Waals surface area contributed by atoms with Crippen LogP contribution in [0.15, 0.2) is 34.8 Å². The van der Waals surface area contributed by atoms with Crippen molar-refractivity contribution in [2.45, 2.75) is 18.9 Å². The van der Waals surface area contributed by atoms with Crippen molar-refractivity contribution in [1.29, 1.82) is 0 Å². The molecule has 1 aliphatic rings. The van der Waals surface area contributed by atoms with Gasteiger partial charge in [-0.05, 0) is 36.6 Å². The smallest absolute Gasteiger partial charge is 0.326 e. The Morgan fingerprint density at radius 3 is 2.63 bits per heavy atom. The van der Waals surface area contributed by atoms with Gasteiger partial charge in [-0.15, -0.1) is 0 Å². The highest BCUT2D eigenvalue weighted by Gasteiger charge is 2.32. The van der Waals surface area contributed by atoms with E-state index in [1.165, 1.54) is 11.0 Å². The molecule has 0 aromatic heterocycles. The van der Waals surface area contributed by atoms with E-state index in [1.807, 2.05) is 24.3 Å². The zero-order chi connectivity index (χ0) is 13.8. The van der Waals surface area contributed by atoms with Gasteiger partial charge in [0, 0.05) is 17.1 Å². The summed E-state index contributed by atoms with van der Waals surface area (Å²) in [6, 6.07) is 6.86. The first kappa shape index (κ1) is 13.8. The van der Waals surface area contributed by atoms with Crippen molar-refractivity contribution in [2.75, 3.05) is 6.54 Å². The van der Waals surface area contributed by atoms with Gasteiger partial charge >= 0.3 is 5.97 Å². The summed E-state index contributed by atoms with van der Waals surface area (Å²) in [5.74, 6) is -1.17. The molecule has 1 amide bonds. The molecule has 0 saturated carbocycles. The summed E-state index contributed by atoms with van der Waals surface area (Å²) in [6.45, 7) is 0.514. The van der Waals surface area contributed by atoms with Gasteiger partial charge in [0.1, 0.15) is 6.04 Å². The van der Waals surface area contributed by atoms with Crippen LogP contribution in [0.2, 0.25) is 0 Å². The van der Waals surface area contributed by atoms with E-state index < -0.39 is 12.0 Å². The normalized spacial score (nSPS) is 19.0. The Hall–Kier alpha value is -1.62. The standard InChI is InChI=1S/C14H14BrNO3/c15-11-6-3-10(4-7-11)5-8-13(17)16-9-1-2-12(16)14(18)19/h3-8,12H,1-2,9H2,(H,18,19). The average Bonchev–Trinajstić information content (AvgIpc) is 2.87. The predicted octanol–water partition coefficient (Wildman–Crippen LogP) is 2.54. The zero-order valence-corrected chi connectivity index (χ0v) is 11.8. The topological polar surface area (TPSA) is 57.6 Å². The van der Waals surface area contributed by atoms with Crippen molar-refractivity contribution in [3.05, 3.63) is 40.4 Å². The molecule has 0 spiro atoms. The van der Waals surface area contributed by atoms with Gasteiger partial charge in [-0.1, -0.05) is 28.1 Å². The van der Waals surface area contributed by atoms with E-state index >= 15 is 0 Å². The Morgan fingerprint density at radius 2 is 2.00 bits per heavy atom. The van der Waals surface area contributed by atoms with E-state index in [0.29, 0.717) is 13.0 Å². The molecule has 1 N–H and O–H groups in total. The molecule has 0 radical (unpaired) electrons. The Balaban J connectivity index is 2.04. The van der Waals surface area contributed by atoms with Crippen LogP contribution in [-0.2, 0) is 9.59 Å². The van der Waals surface area contributed by atoms with E-state index in [4.69, 9.17) is 5.11 Å². The third-order valence-corrected chi connectivity index (χ3v) is 3.64. The van der Waals surface area contributed by atoms with E-state index in [-0.39, 0.29) is 5.91 Å². The lowest BCUT2D eigenvalue weighted by atomic mass is 10.2. The highest BCUT2D eigenvalue weighted by molar-refractivity contribution is 9.10. The lowest BCUT2D eigenvalue weighted by Crippen LogP contribution is -2.39. The molecule has 4 nitrogen and oxygen atoms in total. The summed E-state index contributed by atoms with van der Waals surface area (Å²) < 4.78 is 0.974. The number of hydrogen-bond donors (Lipinski definition) is 1. The van der Waals surface area contributed by atoms with Crippen molar-refractivity contribution in [2.24, 2.45) is 0 Å². The van der Waals surface area contributed by atoms with Gasteiger partial charge in [-0.25, -0.2) is 4.79 Å². The quantitative estimate of drug-likeness (QED) is 0.870. The molecule has 1 unspecified atom stereocenters. The van der Waals surface area contributed by atoms with E-state index in [1.54, 1.807) is 6.08 Å². The number of carboxylic acids is 1. The molecule has 5 heteroatoms. The van der Waals surface area contributed by atoms with E-state index in [2.05, 4.69) is 15.9 Å². The fourth-order valence-corrected chi connectivity index (χ4v) is 2.39. The van der Waals surface area contributed by atoms with Crippen molar-refractivity contribution >= 4 is 33.9 Å². The number of carboxylic acid groups (broad SMARTS) is 1. The summed E-state index contributed by atoms with van der Waals surface area (Å²) >= 11 is 3.34. The number of likely N-dealkylation sites (tertiary alicyclic amines) is 1. The summed E-state index contributed by atoms with van der Waals surface area (Å²) in [6.07, 6.45) is 4.42. The molecule has 1 aliphatic heterocycles. The number of hydrogen-bond acceptors (Lipinski definition) is 2. The van der Waals surface area contributed by atoms with Crippen LogP contribution in [0.4, 0.5) is 0 Å². The van der Waals surface area contributed by atoms with Gasteiger partial charge in [0.2, 0.25) is 5.91 Å². The fraction of sp³-hybridized carbons (Fsp3) is 0.286. The van der Waals surface area contributed by atoms with Gasteiger partial charge in [0.25, 0.3) is 0 Å².